The summed E-state index contributed by atoms with van der Waals surface area (Å²) in [5, 5.41) is 3.51. The van der Waals surface area contributed by atoms with Crippen LogP contribution in [0.25, 0.3) is 0 Å². The summed E-state index contributed by atoms with van der Waals surface area (Å²) in [5.41, 5.74) is 4.93. The first kappa shape index (κ1) is 12.0. The van der Waals surface area contributed by atoms with Gasteiger partial charge in [0.25, 0.3) is 0 Å². The second-order valence-corrected chi connectivity index (χ2v) is 4.94. The van der Waals surface area contributed by atoms with Gasteiger partial charge >= 0.3 is 0 Å². The van der Waals surface area contributed by atoms with Crippen LogP contribution in [0.1, 0.15) is 24.5 Å². The van der Waals surface area contributed by atoms with Crippen molar-refractivity contribution in [3.8, 4) is 0 Å². The van der Waals surface area contributed by atoms with Gasteiger partial charge in [-0.15, -0.1) is 0 Å². The molecule has 1 heterocycles. The Labute approximate surface area is 114 Å². The van der Waals surface area contributed by atoms with Gasteiger partial charge in [0.2, 0.25) is 0 Å². The molecule has 1 unspecified atom stereocenters. The Morgan fingerprint density at radius 3 is 2.58 bits per heavy atom. The minimum absolute atomic E-state index is 0.190. The van der Waals surface area contributed by atoms with E-state index >= 15 is 0 Å². The number of aliphatic imine (C=N–C) groups is 1. The van der Waals surface area contributed by atoms with Gasteiger partial charge in [-0.25, -0.2) is 0 Å². The molecule has 1 aliphatic heterocycles. The van der Waals surface area contributed by atoms with Gasteiger partial charge in [-0.1, -0.05) is 48.5 Å². The smallest absolute Gasteiger partial charge is 0.119 e. The lowest BCUT2D eigenvalue weighted by Crippen LogP contribution is -2.25. The summed E-state index contributed by atoms with van der Waals surface area (Å²) >= 11 is 0. The summed E-state index contributed by atoms with van der Waals surface area (Å²) in [6.45, 7) is 2.09. The number of rotatable bonds is 3. The molecule has 2 nitrogen and oxygen atoms in total. The number of hydrogen-bond donors (Lipinski definition) is 1. The lowest BCUT2D eigenvalue weighted by atomic mass is 10.0. The number of nitrogens with zero attached hydrogens (tertiary/aromatic N) is 1. The summed E-state index contributed by atoms with van der Waals surface area (Å²) in [5.74, 6) is 0. The van der Waals surface area contributed by atoms with E-state index in [-0.39, 0.29) is 6.17 Å². The lowest BCUT2D eigenvalue weighted by Gasteiger charge is -2.24. The van der Waals surface area contributed by atoms with Crippen molar-refractivity contribution < 1.29 is 0 Å². The number of hydrogen-bond acceptors (Lipinski definition) is 2. The zero-order chi connectivity index (χ0) is 13.1. The maximum Gasteiger partial charge on any atom is 0.119 e. The van der Waals surface area contributed by atoms with E-state index in [9.17, 15) is 0 Å². The van der Waals surface area contributed by atoms with Crippen LogP contribution in [0.15, 0.2) is 59.6 Å². The average molecular weight is 250 g/mol. The van der Waals surface area contributed by atoms with Gasteiger partial charge in [-0.3, -0.25) is 4.99 Å². The van der Waals surface area contributed by atoms with Crippen LogP contribution in [0.5, 0.6) is 0 Å². The fraction of sp³-hybridized carbons (Fsp3) is 0.235. The molecule has 96 valence electrons. The Morgan fingerprint density at radius 1 is 1.00 bits per heavy atom. The van der Waals surface area contributed by atoms with Gasteiger partial charge in [-0.2, -0.15) is 0 Å². The third-order valence-corrected chi connectivity index (χ3v) is 3.54. The molecule has 0 fully saturated rings. The van der Waals surface area contributed by atoms with E-state index in [0.717, 1.165) is 18.6 Å². The summed E-state index contributed by atoms with van der Waals surface area (Å²) in [6.07, 6.45) is 2.27. The molecule has 2 aromatic rings. The van der Waals surface area contributed by atoms with E-state index in [1.165, 1.54) is 16.8 Å². The molecule has 0 bridgehead atoms. The van der Waals surface area contributed by atoms with Gasteiger partial charge in [0.15, 0.2) is 0 Å². The Morgan fingerprint density at radius 2 is 1.74 bits per heavy atom. The molecular formula is C17H18N2. The van der Waals surface area contributed by atoms with Crippen LogP contribution >= 0.6 is 0 Å². The molecule has 1 N–H and O–H groups in total. The molecule has 0 amide bonds. The van der Waals surface area contributed by atoms with Gasteiger partial charge < -0.3 is 5.32 Å². The molecule has 0 spiro atoms. The molecule has 0 radical (unpaired) electrons. The van der Waals surface area contributed by atoms with Gasteiger partial charge in [-0.05, 0) is 31.4 Å². The van der Waals surface area contributed by atoms with E-state index in [4.69, 9.17) is 4.99 Å². The first-order chi connectivity index (χ1) is 9.33. The zero-order valence-corrected chi connectivity index (χ0v) is 11.1. The zero-order valence-electron chi connectivity index (χ0n) is 11.1. The van der Waals surface area contributed by atoms with Crippen LogP contribution in [0, 0.1) is 0 Å². The lowest BCUT2D eigenvalue weighted by molar-refractivity contribution is 0.676. The van der Waals surface area contributed by atoms with Crippen LogP contribution in [0.4, 0.5) is 5.69 Å². The Balaban J connectivity index is 1.70. The maximum absolute atomic E-state index is 4.74. The van der Waals surface area contributed by atoms with E-state index in [1.54, 1.807) is 0 Å². The topological polar surface area (TPSA) is 24.4 Å². The summed E-state index contributed by atoms with van der Waals surface area (Å²) in [6, 6.07) is 19.0. The molecule has 0 aromatic heterocycles. The fourth-order valence-electron chi connectivity index (χ4n) is 2.52. The van der Waals surface area contributed by atoms with Crippen LogP contribution in [0.3, 0.4) is 0 Å². The second-order valence-electron chi connectivity index (χ2n) is 4.94. The van der Waals surface area contributed by atoms with Crippen LogP contribution in [-0.4, -0.2) is 11.9 Å². The Bertz CT molecular complexity index is 587. The molecule has 0 aliphatic carbocycles. The Kier molecular flexibility index (Phi) is 3.32. The first-order valence-electron chi connectivity index (χ1n) is 6.77. The largest absolute Gasteiger partial charge is 0.363 e. The van der Waals surface area contributed by atoms with E-state index in [1.807, 2.05) is 0 Å². The molecule has 2 heteroatoms. The van der Waals surface area contributed by atoms with Crippen molar-refractivity contribution in [2.75, 3.05) is 5.32 Å². The highest BCUT2D eigenvalue weighted by Gasteiger charge is 2.16. The van der Waals surface area contributed by atoms with Crippen molar-refractivity contribution in [1.29, 1.82) is 0 Å². The monoisotopic (exact) mass is 250 g/mol. The highest BCUT2D eigenvalue weighted by molar-refractivity contribution is 6.04. The molecule has 0 saturated carbocycles. The van der Waals surface area contributed by atoms with Crippen molar-refractivity contribution in [2.24, 2.45) is 4.99 Å². The van der Waals surface area contributed by atoms with Gasteiger partial charge in [0.1, 0.15) is 6.17 Å². The highest BCUT2D eigenvalue weighted by atomic mass is 15.1. The second kappa shape index (κ2) is 5.27. The van der Waals surface area contributed by atoms with E-state index in [0.29, 0.717) is 0 Å². The third kappa shape index (κ3) is 2.68. The third-order valence-electron chi connectivity index (χ3n) is 3.54. The predicted molar refractivity (Wildman–Crippen MR) is 80.8 cm³/mol. The SMILES string of the molecule is CC1=NC(CCc2ccccc2)Nc2ccccc21. The summed E-state index contributed by atoms with van der Waals surface area (Å²) in [4.78, 5) is 4.74. The number of aryl methyl sites for hydroxylation is 1. The maximum atomic E-state index is 4.74. The van der Waals surface area contributed by atoms with Crippen molar-refractivity contribution in [2.45, 2.75) is 25.9 Å². The number of anilines is 1. The van der Waals surface area contributed by atoms with Crippen molar-refractivity contribution >= 4 is 11.4 Å². The van der Waals surface area contributed by atoms with Crippen LogP contribution < -0.4 is 5.32 Å². The van der Waals surface area contributed by atoms with Crippen molar-refractivity contribution in [1.82, 2.24) is 0 Å². The van der Waals surface area contributed by atoms with Crippen molar-refractivity contribution in [3.05, 3.63) is 65.7 Å². The quantitative estimate of drug-likeness (QED) is 0.878. The molecular weight excluding hydrogens is 232 g/mol. The minimum atomic E-state index is 0.190. The molecule has 2 aromatic carbocycles. The number of para-hydroxylation sites is 1. The normalized spacial score (nSPS) is 17.3. The highest BCUT2D eigenvalue weighted by Crippen LogP contribution is 2.23. The fourth-order valence-corrected chi connectivity index (χ4v) is 2.52. The molecule has 19 heavy (non-hydrogen) atoms. The van der Waals surface area contributed by atoms with E-state index in [2.05, 4.69) is 66.8 Å². The number of fused-ring (bicyclic) bond motifs is 1. The number of nitrogens with one attached hydrogen (secondary N) is 1. The summed E-state index contributed by atoms with van der Waals surface area (Å²) in [7, 11) is 0. The van der Waals surface area contributed by atoms with Gasteiger partial charge in [0, 0.05) is 17.0 Å². The van der Waals surface area contributed by atoms with Crippen LogP contribution in [0.2, 0.25) is 0 Å². The molecule has 3 rings (SSSR count). The average Bonchev–Trinajstić information content (AvgIpc) is 2.46. The Hall–Kier alpha value is -2.09. The van der Waals surface area contributed by atoms with Gasteiger partial charge in [0.05, 0.1) is 0 Å². The predicted octanol–water partition coefficient (Wildman–Crippen LogP) is 3.88. The molecule has 1 aliphatic rings. The summed E-state index contributed by atoms with van der Waals surface area (Å²) < 4.78 is 0. The minimum Gasteiger partial charge on any atom is -0.363 e. The standard InChI is InChI=1S/C17H18N2/c1-13-15-9-5-6-10-16(15)19-17(18-13)12-11-14-7-3-2-4-8-14/h2-10,17,19H,11-12H2,1H3. The van der Waals surface area contributed by atoms with E-state index < -0.39 is 0 Å². The first-order valence-corrected chi connectivity index (χ1v) is 6.77. The molecule has 1 atom stereocenters. The molecule has 0 saturated heterocycles. The van der Waals surface area contributed by atoms with Crippen LogP contribution in [-0.2, 0) is 6.42 Å². The van der Waals surface area contributed by atoms with Crippen molar-refractivity contribution in [3.63, 3.8) is 0 Å². The number of benzene rings is 2.